The van der Waals surface area contributed by atoms with Crippen LogP contribution in [0.2, 0.25) is 5.02 Å². The number of anilines is 3. The number of sulfone groups is 1. The number of hydrogen-bond acceptors (Lipinski definition) is 8. The Morgan fingerprint density at radius 1 is 1.22 bits per heavy atom. The molecule has 3 aromatic rings. The van der Waals surface area contributed by atoms with E-state index in [-0.39, 0.29) is 56.8 Å². The van der Waals surface area contributed by atoms with Gasteiger partial charge in [0.25, 0.3) is 0 Å². The number of halogens is 4. The summed E-state index contributed by atoms with van der Waals surface area (Å²) >= 11 is 6.30. The lowest BCUT2D eigenvalue weighted by Gasteiger charge is -2.28. The number of rotatable bonds is 7. The largest absolute Gasteiger partial charge is 0.444 e. The minimum absolute atomic E-state index is 0.0170. The van der Waals surface area contributed by atoms with Gasteiger partial charge in [0.1, 0.15) is 5.60 Å². The molecule has 1 aromatic heterocycles. The van der Waals surface area contributed by atoms with Crippen LogP contribution in [0.4, 0.5) is 35.5 Å². The van der Waals surface area contributed by atoms with E-state index in [1.165, 1.54) is 30.3 Å². The third-order valence-corrected chi connectivity index (χ3v) is 8.44. The van der Waals surface area contributed by atoms with E-state index in [0.717, 1.165) is 12.5 Å². The number of aromatic amines is 1. The molecule has 0 spiro atoms. The van der Waals surface area contributed by atoms with Gasteiger partial charge in [0, 0.05) is 23.8 Å². The Labute approximate surface area is 240 Å². The molecule has 0 aliphatic carbocycles. The number of H-pyrrole nitrogens is 1. The average Bonchev–Trinajstić information content (AvgIpc) is 3.50. The van der Waals surface area contributed by atoms with E-state index < -0.39 is 33.3 Å². The van der Waals surface area contributed by atoms with E-state index in [1.807, 2.05) is 0 Å². The second-order valence-corrected chi connectivity index (χ2v) is 13.2. The van der Waals surface area contributed by atoms with Gasteiger partial charge < -0.3 is 20.7 Å². The van der Waals surface area contributed by atoms with Crippen molar-refractivity contribution in [1.29, 1.82) is 0 Å². The van der Waals surface area contributed by atoms with Gasteiger partial charge in [-0.3, -0.25) is 0 Å². The lowest BCUT2D eigenvalue weighted by molar-refractivity contribution is -0.137. The number of carbonyl (C=O) groups excluding carboxylic acids is 1. The lowest BCUT2D eigenvalue weighted by atomic mass is 9.98. The molecule has 4 rings (SSSR count). The van der Waals surface area contributed by atoms with Gasteiger partial charge in [-0.15, -0.1) is 5.10 Å². The van der Waals surface area contributed by atoms with E-state index in [9.17, 15) is 26.4 Å². The molecule has 1 amide bonds. The number of hydrogen-bond donors (Lipinski definition) is 3. The summed E-state index contributed by atoms with van der Waals surface area (Å²) in [6.45, 7) is 5.76. The lowest BCUT2D eigenvalue weighted by Crippen LogP contribution is -2.40. The van der Waals surface area contributed by atoms with Crippen molar-refractivity contribution < 1.29 is 31.1 Å². The number of carbonyl (C=O) groups is 1. The molecular weight excluding hydrogens is 585 g/mol. The van der Waals surface area contributed by atoms with Gasteiger partial charge >= 0.3 is 12.3 Å². The van der Waals surface area contributed by atoms with Crippen LogP contribution < -0.4 is 11.1 Å². The molecule has 2 heterocycles. The number of likely N-dealkylation sites (tertiary alicyclic amines) is 1. The highest BCUT2D eigenvalue weighted by molar-refractivity contribution is 7.91. The van der Waals surface area contributed by atoms with E-state index in [2.05, 4.69) is 20.5 Å². The second kappa shape index (κ2) is 11.4. The number of nitrogens with zero attached hydrogens (tertiary/aromatic N) is 3. The Bertz CT molecular complexity index is 1520. The van der Waals surface area contributed by atoms with Crippen molar-refractivity contribution in [2.75, 3.05) is 23.3 Å². The third kappa shape index (κ3) is 7.41. The number of alkyl halides is 3. The van der Waals surface area contributed by atoms with Crippen molar-refractivity contribution in [3.8, 4) is 11.1 Å². The van der Waals surface area contributed by atoms with Crippen molar-refractivity contribution in [1.82, 2.24) is 20.1 Å². The fourth-order valence-electron chi connectivity index (χ4n) is 4.59. The molecule has 1 aliphatic rings. The summed E-state index contributed by atoms with van der Waals surface area (Å²) < 4.78 is 73.8. The van der Waals surface area contributed by atoms with Crippen LogP contribution in [-0.4, -0.2) is 58.5 Å². The molecule has 1 fully saturated rings. The average molecular weight is 615 g/mol. The van der Waals surface area contributed by atoms with Crippen molar-refractivity contribution in [3.63, 3.8) is 0 Å². The van der Waals surface area contributed by atoms with Gasteiger partial charge in [0.15, 0.2) is 9.84 Å². The summed E-state index contributed by atoms with van der Waals surface area (Å²) in [6, 6.07) is 6.93. The zero-order chi connectivity index (χ0) is 30.2. The first-order chi connectivity index (χ1) is 19.0. The predicted octanol–water partition coefficient (Wildman–Crippen LogP) is 6.03. The van der Waals surface area contributed by atoms with Crippen molar-refractivity contribution in [3.05, 3.63) is 47.0 Å². The number of aromatic nitrogens is 3. The maximum absolute atomic E-state index is 14.1. The number of ether oxygens (including phenoxy) is 1. The minimum atomic E-state index is -4.78. The molecule has 1 atom stereocenters. The summed E-state index contributed by atoms with van der Waals surface area (Å²) in [5.41, 5.74) is 3.51. The monoisotopic (exact) mass is 614 g/mol. The second-order valence-electron chi connectivity index (χ2n) is 10.6. The highest BCUT2D eigenvalue weighted by Gasteiger charge is 2.36. The zero-order valence-electron chi connectivity index (χ0n) is 22.5. The number of nitrogens with one attached hydrogen (secondary N) is 2. The highest BCUT2D eigenvalue weighted by atomic mass is 35.5. The summed E-state index contributed by atoms with van der Waals surface area (Å²) in [5, 5.41) is 8.50. The summed E-state index contributed by atoms with van der Waals surface area (Å²) in [4.78, 5) is 17.8. The van der Waals surface area contributed by atoms with Crippen LogP contribution in [0.15, 0.2) is 41.3 Å². The van der Waals surface area contributed by atoms with E-state index >= 15 is 0 Å². The van der Waals surface area contributed by atoms with Gasteiger partial charge in [0.05, 0.1) is 21.2 Å². The molecule has 4 N–H and O–H groups in total. The summed E-state index contributed by atoms with van der Waals surface area (Å²) in [7, 11) is -3.79. The predicted molar refractivity (Wildman–Crippen MR) is 149 cm³/mol. The van der Waals surface area contributed by atoms with Gasteiger partial charge in [-0.25, -0.2) is 18.3 Å². The van der Waals surface area contributed by atoms with Crippen LogP contribution in [0.25, 0.3) is 11.1 Å². The van der Waals surface area contributed by atoms with Crippen LogP contribution in [0.5, 0.6) is 0 Å². The Morgan fingerprint density at radius 3 is 2.49 bits per heavy atom. The molecule has 2 aromatic carbocycles. The quantitative estimate of drug-likeness (QED) is 0.293. The first kappa shape index (κ1) is 30.4. The highest BCUT2D eigenvalue weighted by Crippen LogP contribution is 2.43. The SMILES string of the molecule is CC(C)(C)OC(=O)N1CCCC1CCS(=O)(=O)c1ccc(-c2c(Cl)cc(Nc3n[nH]c(N)n3)cc2C(F)(F)F)cc1. The Morgan fingerprint density at radius 2 is 1.90 bits per heavy atom. The van der Waals surface area contributed by atoms with Crippen LogP contribution in [0.3, 0.4) is 0 Å². The fourth-order valence-corrected chi connectivity index (χ4v) is 6.29. The van der Waals surface area contributed by atoms with Gasteiger partial charge in [0.2, 0.25) is 11.9 Å². The molecule has 1 saturated heterocycles. The van der Waals surface area contributed by atoms with Crippen molar-refractivity contribution in [2.45, 2.75) is 62.7 Å². The van der Waals surface area contributed by atoms with E-state index in [4.69, 9.17) is 22.1 Å². The fraction of sp³-hybridized carbons (Fsp3) is 0.423. The maximum atomic E-state index is 14.1. The Hall–Kier alpha value is -3.52. The molecule has 0 radical (unpaired) electrons. The van der Waals surface area contributed by atoms with E-state index in [0.29, 0.717) is 13.0 Å². The van der Waals surface area contributed by atoms with Gasteiger partial charge in [-0.1, -0.05) is 23.7 Å². The molecular formula is C26H30ClF3N6O4S. The molecule has 1 unspecified atom stereocenters. The topological polar surface area (TPSA) is 143 Å². The Kier molecular flexibility index (Phi) is 8.46. The molecule has 0 saturated carbocycles. The Balaban J connectivity index is 1.53. The van der Waals surface area contributed by atoms with Crippen molar-refractivity contribution in [2.24, 2.45) is 0 Å². The van der Waals surface area contributed by atoms with Gasteiger partial charge in [-0.2, -0.15) is 18.2 Å². The van der Waals surface area contributed by atoms with Crippen LogP contribution >= 0.6 is 11.6 Å². The van der Waals surface area contributed by atoms with Crippen LogP contribution in [-0.2, 0) is 20.8 Å². The molecule has 10 nitrogen and oxygen atoms in total. The molecule has 222 valence electrons. The molecule has 15 heteroatoms. The first-order valence-electron chi connectivity index (χ1n) is 12.7. The number of benzene rings is 2. The first-order valence-corrected chi connectivity index (χ1v) is 14.7. The third-order valence-electron chi connectivity index (χ3n) is 6.38. The van der Waals surface area contributed by atoms with Crippen LogP contribution in [0, 0.1) is 0 Å². The zero-order valence-corrected chi connectivity index (χ0v) is 24.1. The standard InChI is InChI=1S/C26H30ClF3N6O4S/c1-25(2,3)40-24(37)36-11-4-5-17(36)10-12-41(38,39)18-8-6-15(7-9-18)21-19(26(28,29)30)13-16(14-20(21)27)32-23-33-22(31)34-35-23/h6-9,13-14,17H,4-5,10-12H2,1-3H3,(H4,31,32,33,34,35). The molecule has 1 aliphatic heterocycles. The number of amides is 1. The minimum Gasteiger partial charge on any atom is -0.444 e. The van der Waals surface area contributed by atoms with Crippen molar-refractivity contribution >= 4 is 45.1 Å². The normalized spacial score (nSPS) is 16.2. The number of nitrogen functional groups attached to an aromatic ring is 1. The summed E-state index contributed by atoms with van der Waals surface area (Å²) in [5.74, 6) is -0.303. The molecule has 0 bridgehead atoms. The van der Waals surface area contributed by atoms with E-state index in [1.54, 1.807) is 25.7 Å². The number of nitrogens with two attached hydrogens (primary N) is 1. The van der Waals surface area contributed by atoms with Crippen LogP contribution in [0.1, 0.15) is 45.6 Å². The summed E-state index contributed by atoms with van der Waals surface area (Å²) in [6.07, 6.45) is -3.66. The van der Waals surface area contributed by atoms with Gasteiger partial charge in [-0.05, 0) is 69.9 Å². The molecule has 41 heavy (non-hydrogen) atoms. The maximum Gasteiger partial charge on any atom is 0.417 e. The smallest absolute Gasteiger partial charge is 0.417 e.